The van der Waals surface area contributed by atoms with Gasteiger partial charge in [-0.2, -0.15) is 50.5 Å². The van der Waals surface area contributed by atoms with E-state index in [1.54, 1.807) is 0 Å². The fourth-order valence-electron chi connectivity index (χ4n) is 0. The van der Waals surface area contributed by atoms with E-state index in [9.17, 15) is 0 Å². The van der Waals surface area contributed by atoms with Crippen LogP contribution in [-0.2, 0) is 62.4 Å². The molecule has 0 aromatic rings. The highest BCUT2D eigenvalue weighted by molar-refractivity contribution is 7.81. The quantitative estimate of drug-likeness (QED) is 0.115. The Morgan fingerprint density at radius 3 is 0.175 bits per heavy atom. The minimum absolute atomic E-state index is 0. The first kappa shape index (κ1) is 107. The second-order valence-electron chi connectivity index (χ2n) is 2.69. The van der Waals surface area contributed by atoms with E-state index in [0.29, 0.717) is 0 Å². The zero-order valence-corrected chi connectivity index (χ0v) is 24.7. The van der Waals surface area contributed by atoms with Crippen LogP contribution in [0, 0.1) is 0 Å². The molecule has 0 aliphatic carbocycles. The molecular formula is H42N10O24S6. The summed E-state index contributed by atoms with van der Waals surface area (Å²) in [4.78, 5) is 0. The monoisotopic (exact) mass is 758 g/mol. The van der Waals surface area contributed by atoms with Crippen molar-refractivity contribution in [1.29, 1.82) is 0 Å². The van der Waals surface area contributed by atoms with E-state index in [1.807, 2.05) is 0 Å². The standard InChI is InChI=1S/10H3N.6H2O4S/c;;;;;;;;;;6*1-5(2,3)4/h10*1H3;6*(H2,1,2,3,4). The molecule has 42 N–H and O–H groups in total. The molecule has 40 heteroatoms. The number of hydrogen-bond donors (Lipinski definition) is 22. The lowest BCUT2D eigenvalue weighted by Gasteiger charge is -1.68. The van der Waals surface area contributed by atoms with Gasteiger partial charge in [-0.3, -0.25) is 54.6 Å². The molecule has 0 aromatic carbocycles. The van der Waals surface area contributed by atoms with Crippen LogP contribution < -0.4 is 61.5 Å². The van der Waals surface area contributed by atoms with E-state index in [2.05, 4.69) is 0 Å². The van der Waals surface area contributed by atoms with Crippen LogP contribution in [0.2, 0.25) is 0 Å². The average Bonchev–Trinajstić information content (AvgIpc) is 1.94. The predicted octanol–water partition coefficient (Wildman–Crippen LogP) is -2.30. The summed E-state index contributed by atoms with van der Waals surface area (Å²) in [6.07, 6.45) is 0. The number of rotatable bonds is 0. The van der Waals surface area contributed by atoms with Crippen molar-refractivity contribution in [3.63, 3.8) is 0 Å². The Kier molecular flexibility index (Phi) is 113. The molecular weight excluding hydrogens is 716 g/mol. The van der Waals surface area contributed by atoms with Gasteiger partial charge in [0.2, 0.25) is 0 Å². The molecule has 0 heterocycles. The van der Waals surface area contributed by atoms with E-state index in [0.717, 1.165) is 0 Å². The molecule has 0 saturated heterocycles. The molecule has 0 atom stereocenters. The lowest BCUT2D eigenvalue weighted by molar-refractivity contribution is 0.378. The topological polar surface area (TPSA) is 798 Å². The van der Waals surface area contributed by atoms with Gasteiger partial charge >= 0.3 is 62.4 Å². The summed E-state index contributed by atoms with van der Waals surface area (Å²) in [5.74, 6) is 0. The maximum Gasteiger partial charge on any atom is 0.394 e. The molecule has 0 spiro atoms. The zero-order chi connectivity index (χ0) is 27.0. The largest absolute Gasteiger partial charge is 0.394 e. The first-order valence-electron chi connectivity index (χ1n) is 4.19. The molecule has 40 heavy (non-hydrogen) atoms. The molecule has 0 aliphatic rings. The average molecular weight is 759 g/mol. The molecule has 0 radical (unpaired) electrons. The van der Waals surface area contributed by atoms with Gasteiger partial charge in [-0.1, -0.05) is 0 Å². The Balaban J connectivity index is -0.0000000118. The van der Waals surface area contributed by atoms with Crippen molar-refractivity contribution in [3.05, 3.63) is 0 Å². The van der Waals surface area contributed by atoms with Crippen LogP contribution >= 0.6 is 0 Å². The SMILES string of the molecule is N.N.N.N.N.N.N.N.N.N.O=S(=O)(O)O.O=S(=O)(O)O.O=S(=O)(O)O.O=S(=O)(O)O.O=S(=O)(O)O.O=S(=O)(O)O. The summed E-state index contributed by atoms with van der Waals surface area (Å²) in [6, 6.07) is 0. The Hall–Kier alpha value is -1.18. The summed E-state index contributed by atoms with van der Waals surface area (Å²) < 4.78 is 190. The third-order valence-electron chi connectivity index (χ3n) is 0. The highest BCUT2D eigenvalue weighted by Gasteiger charge is 1.86. The van der Waals surface area contributed by atoms with Crippen LogP contribution in [0.1, 0.15) is 0 Å². The van der Waals surface area contributed by atoms with Gasteiger partial charge in [-0.05, 0) is 0 Å². The van der Waals surface area contributed by atoms with E-state index >= 15 is 0 Å². The van der Waals surface area contributed by atoms with Crippen molar-refractivity contribution in [1.82, 2.24) is 61.5 Å². The summed E-state index contributed by atoms with van der Waals surface area (Å²) >= 11 is 0. The molecule has 0 aromatic heterocycles. The van der Waals surface area contributed by atoms with Crippen molar-refractivity contribution in [3.8, 4) is 0 Å². The lowest BCUT2D eigenvalue weighted by atomic mass is 14.0. The normalized spacial score (nSPS) is 8.70. The molecule has 0 amide bonds. The van der Waals surface area contributed by atoms with Crippen molar-refractivity contribution < 1.29 is 105 Å². The van der Waals surface area contributed by atoms with Crippen molar-refractivity contribution in [2.24, 2.45) is 0 Å². The first-order chi connectivity index (χ1) is 12.0. The fraction of sp³-hybridized carbons (Fsp3) is 0. The lowest BCUT2D eigenvalue weighted by Crippen LogP contribution is -1.89. The second-order valence-corrected chi connectivity index (χ2v) is 8.06. The molecule has 0 aliphatic heterocycles. The summed E-state index contributed by atoms with van der Waals surface area (Å²) in [6.45, 7) is 0. The summed E-state index contributed by atoms with van der Waals surface area (Å²) in [7, 11) is -28.0. The summed E-state index contributed by atoms with van der Waals surface area (Å²) in [5.41, 5.74) is 0. The maximum atomic E-state index is 8.74. The van der Waals surface area contributed by atoms with Gasteiger partial charge in [0.05, 0.1) is 0 Å². The van der Waals surface area contributed by atoms with Gasteiger partial charge in [0.1, 0.15) is 0 Å². The molecule has 0 saturated carbocycles. The molecule has 34 nitrogen and oxygen atoms in total. The van der Waals surface area contributed by atoms with Crippen LogP contribution in [0.5, 0.6) is 0 Å². The van der Waals surface area contributed by atoms with E-state index in [1.165, 1.54) is 0 Å². The van der Waals surface area contributed by atoms with E-state index in [4.69, 9.17) is 105 Å². The Bertz CT molecular complexity index is 786. The Morgan fingerprint density at radius 2 is 0.175 bits per heavy atom. The van der Waals surface area contributed by atoms with Crippen molar-refractivity contribution in [2.75, 3.05) is 0 Å². The molecule has 0 bridgehead atoms. The highest BCUT2D eigenvalue weighted by atomic mass is 32.3. The highest BCUT2D eigenvalue weighted by Crippen LogP contribution is 1.61. The summed E-state index contributed by atoms with van der Waals surface area (Å²) in [5, 5.41) is 0. The third kappa shape index (κ3) is 33900. The molecule has 0 fully saturated rings. The van der Waals surface area contributed by atoms with Crippen LogP contribution in [0.25, 0.3) is 0 Å². The van der Waals surface area contributed by atoms with Gasteiger partial charge in [-0.15, -0.1) is 0 Å². The fourth-order valence-corrected chi connectivity index (χ4v) is 0. The van der Waals surface area contributed by atoms with E-state index in [-0.39, 0.29) is 61.5 Å². The minimum atomic E-state index is -4.67. The van der Waals surface area contributed by atoms with Gasteiger partial charge in [0, 0.05) is 0 Å². The molecule has 0 rings (SSSR count). The Labute approximate surface area is 229 Å². The van der Waals surface area contributed by atoms with Gasteiger partial charge < -0.3 is 61.5 Å². The van der Waals surface area contributed by atoms with Crippen LogP contribution in [0.4, 0.5) is 0 Å². The van der Waals surface area contributed by atoms with Crippen LogP contribution in [-0.4, -0.2) is 105 Å². The predicted molar refractivity (Wildman–Crippen MR) is 135 cm³/mol. The van der Waals surface area contributed by atoms with Crippen molar-refractivity contribution in [2.45, 2.75) is 0 Å². The second kappa shape index (κ2) is 42.3. The smallest absolute Gasteiger partial charge is 0.344 e. The Morgan fingerprint density at radius 1 is 0.175 bits per heavy atom. The van der Waals surface area contributed by atoms with Crippen LogP contribution in [0.15, 0.2) is 0 Å². The minimum Gasteiger partial charge on any atom is -0.344 e. The number of hydrogen-bond acceptors (Lipinski definition) is 22. The van der Waals surface area contributed by atoms with Gasteiger partial charge in [-0.25, -0.2) is 0 Å². The maximum absolute atomic E-state index is 8.74. The molecule has 0 unspecified atom stereocenters. The van der Waals surface area contributed by atoms with Gasteiger partial charge in [0.25, 0.3) is 0 Å². The van der Waals surface area contributed by atoms with Crippen molar-refractivity contribution >= 4 is 62.4 Å². The first-order valence-corrected chi connectivity index (χ1v) is 12.6. The van der Waals surface area contributed by atoms with E-state index < -0.39 is 62.4 Å². The third-order valence-corrected chi connectivity index (χ3v) is 0. The zero-order valence-electron chi connectivity index (χ0n) is 19.8. The van der Waals surface area contributed by atoms with Gasteiger partial charge in [0.15, 0.2) is 0 Å². The molecule has 272 valence electrons. The van der Waals surface area contributed by atoms with Crippen LogP contribution in [0.3, 0.4) is 0 Å².